The molecule has 0 N–H and O–H groups in total. The van der Waals surface area contributed by atoms with E-state index in [9.17, 15) is 19.7 Å². The van der Waals surface area contributed by atoms with Gasteiger partial charge in [-0.3, -0.25) is 19.3 Å². The van der Waals surface area contributed by atoms with Crippen LogP contribution in [0.1, 0.15) is 11.3 Å². The summed E-state index contributed by atoms with van der Waals surface area (Å²) in [5.41, 5.74) is 0.427. The number of carbonyl (C=O) groups excluding carboxylic acids is 1. The predicted molar refractivity (Wildman–Crippen MR) is 103 cm³/mol. The third kappa shape index (κ3) is 4.54. The van der Waals surface area contributed by atoms with Crippen molar-refractivity contribution < 1.29 is 14.5 Å². The van der Waals surface area contributed by atoms with E-state index >= 15 is 0 Å². The molecule has 0 fully saturated rings. The summed E-state index contributed by atoms with van der Waals surface area (Å²) in [4.78, 5) is 38.4. The van der Waals surface area contributed by atoms with Crippen LogP contribution in [0.15, 0.2) is 53.5 Å². The maximum atomic E-state index is 12.1. The average Bonchev–Trinajstić information content (AvgIpc) is 2.66. The van der Waals surface area contributed by atoms with E-state index in [0.29, 0.717) is 16.2 Å². The van der Waals surface area contributed by atoms with Crippen molar-refractivity contribution in [3.63, 3.8) is 0 Å². The van der Waals surface area contributed by atoms with Crippen LogP contribution in [0.3, 0.4) is 0 Å². The predicted octanol–water partition coefficient (Wildman–Crippen LogP) is 3.67. The van der Waals surface area contributed by atoms with Gasteiger partial charge < -0.3 is 4.74 Å². The Balaban J connectivity index is 1.69. The summed E-state index contributed by atoms with van der Waals surface area (Å²) in [5, 5.41) is 11.3. The van der Waals surface area contributed by atoms with E-state index in [1.54, 1.807) is 12.1 Å². The summed E-state index contributed by atoms with van der Waals surface area (Å²) in [6, 6.07) is 8.53. The highest BCUT2D eigenvalue weighted by Crippen LogP contribution is 2.25. The Morgan fingerprint density at radius 3 is 2.79 bits per heavy atom. The fourth-order valence-corrected chi connectivity index (χ4v) is 2.68. The van der Waals surface area contributed by atoms with E-state index in [0.717, 1.165) is 6.08 Å². The van der Waals surface area contributed by atoms with Gasteiger partial charge in [0.1, 0.15) is 17.3 Å². The molecule has 142 valence electrons. The van der Waals surface area contributed by atoms with Crippen LogP contribution in [-0.4, -0.2) is 20.3 Å². The SMILES string of the molecule is O=C(/C=C/c1ccc(Cl)c([N+](=O)[O-])c1)OCc1cc(=O)n2cc(Cl)ccc2n1. The molecule has 0 unspecified atom stereocenters. The van der Waals surface area contributed by atoms with Gasteiger partial charge in [-0.1, -0.05) is 29.3 Å². The first-order valence-corrected chi connectivity index (χ1v) is 8.56. The van der Waals surface area contributed by atoms with E-state index in [-0.39, 0.29) is 28.6 Å². The molecule has 0 atom stereocenters. The summed E-state index contributed by atoms with van der Waals surface area (Å²) >= 11 is 11.6. The molecule has 10 heteroatoms. The Hall–Kier alpha value is -3.23. The van der Waals surface area contributed by atoms with Gasteiger partial charge in [0.15, 0.2) is 0 Å². The Labute approximate surface area is 167 Å². The van der Waals surface area contributed by atoms with Crippen LogP contribution in [0.25, 0.3) is 11.7 Å². The molecule has 0 aliphatic rings. The number of fused-ring (bicyclic) bond motifs is 1. The lowest BCUT2D eigenvalue weighted by Gasteiger charge is -2.05. The highest BCUT2D eigenvalue weighted by molar-refractivity contribution is 6.32. The van der Waals surface area contributed by atoms with Gasteiger partial charge in [-0.15, -0.1) is 0 Å². The van der Waals surface area contributed by atoms with Gasteiger partial charge in [0, 0.05) is 24.4 Å². The van der Waals surface area contributed by atoms with E-state index in [4.69, 9.17) is 27.9 Å². The van der Waals surface area contributed by atoms with E-state index in [1.165, 1.54) is 40.9 Å². The third-order valence-electron chi connectivity index (χ3n) is 3.62. The number of esters is 1. The monoisotopic (exact) mass is 419 g/mol. The van der Waals surface area contributed by atoms with E-state index < -0.39 is 10.9 Å². The molecule has 0 spiro atoms. The van der Waals surface area contributed by atoms with Crippen LogP contribution in [-0.2, 0) is 16.1 Å². The van der Waals surface area contributed by atoms with Gasteiger partial charge in [-0.2, -0.15) is 0 Å². The molecule has 0 amide bonds. The van der Waals surface area contributed by atoms with Gasteiger partial charge in [0.2, 0.25) is 0 Å². The summed E-state index contributed by atoms with van der Waals surface area (Å²) in [5.74, 6) is -0.698. The minimum absolute atomic E-state index is 0.000297. The van der Waals surface area contributed by atoms with Crippen molar-refractivity contribution in [3.05, 3.63) is 90.4 Å². The standard InChI is InChI=1S/C18H11Cl2N3O5/c19-12-3-5-16-21-13(8-17(24)22(16)9-12)10-28-18(25)6-2-11-1-4-14(20)15(7-11)23(26)27/h1-9H,10H2/b6-2+. The summed E-state index contributed by atoms with van der Waals surface area (Å²) in [7, 11) is 0. The van der Waals surface area contributed by atoms with Crippen molar-refractivity contribution in [2.75, 3.05) is 0 Å². The Kier molecular flexibility index (Phi) is 5.72. The first-order valence-electron chi connectivity index (χ1n) is 7.80. The van der Waals surface area contributed by atoms with Gasteiger partial charge in [-0.05, 0) is 29.8 Å². The van der Waals surface area contributed by atoms with Gasteiger partial charge >= 0.3 is 5.97 Å². The fraction of sp³-hybridized carbons (Fsp3) is 0.0556. The number of hydrogen-bond acceptors (Lipinski definition) is 6. The lowest BCUT2D eigenvalue weighted by Crippen LogP contribution is -2.16. The number of halogens is 2. The molecule has 8 nitrogen and oxygen atoms in total. The second-order valence-electron chi connectivity index (χ2n) is 5.57. The molecule has 3 rings (SSSR count). The van der Waals surface area contributed by atoms with Crippen LogP contribution in [0.4, 0.5) is 5.69 Å². The first-order chi connectivity index (χ1) is 13.3. The molecule has 0 saturated heterocycles. The number of ether oxygens (including phenoxy) is 1. The average molecular weight is 420 g/mol. The number of aromatic nitrogens is 2. The van der Waals surface area contributed by atoms with E-state index in [2.05, 4.69) is 4.98 Å². The number of benzene rings is 1. The largest absolute Gasteiger partial charge is 0.456 e. The minimum atomic E-state index is -0.698. The zero-order valence-electron chi connectivity index (χ0n) is 14.0. The Bertz CT molecular complexity index is 1170. The van der Waals surface area contributed by atoms with Crippen LogP contribution in [0.2, 0.25) is 10.0 Å². The van der Waals surface area contributed by atoms with Gasteiger partial charge in [0.05, 0.1) is 15.6 Å². The number of nitrogens with zero attached hydrogens (tertiary/aromatic N) is 3. The Morgan fingerprint density at radius 2 is 2.04 bits per heavy atom. The third-order valence-corrected chi connectivity index (χ3v) is 4.16. The van der Waals surface area contributed by atoms with Crippen molar-refractivity contribution in [2.45, 2.75) is 6.61 Å². The maximum Gasteiger partial charge on any atom is 0.331 e. The van der Waals surface area contributed by atoms with Crippen molar-refractivity contribution >= 4 is 46.6 Å². The first kappa shape index (κ1) is 19.5. The topological polar surface area (TPSA) is 104 Å². The quantitative estimate of drug-likeness (QED) is 0.270. The molecule has 2 aromatic heterocycles. The molecular weight excluding hydrogens is 409 g/mol. The Morgan fingerprint density at radius 1 is 1.25 bits per heavy atom. The van der Waals surface area contributed by atoms with Crippen molar-refractivity contribution in [1.29, 1.82) is 0 Å². The zero-order chi connectivity index (χ0) is 20.3. The van der Waals surface area contributed by atoms with Crippen LogP contribution >= 0.6 is 23.2 Å². The summed E-state index contributed by atoms with van der Waals surface area (Å²) in [6.45, 7) is -0.210. The van der Waals surface area contributed by atoms with Gasteiger partial charge in [0.25, 0.3) is 11.2 Å². The molecule has 1 aromatic carbocycles. The number of nitro groups is 1. The zero-order valence-corrected chi connectivity index (χ0v) is 15.6. The van der Waals surface area contributed by atoms with Crippen LogP contribution in [0.5, 0.6) is 0 Å². The van der Waals surface area contributed by atoms with Crippen LogP contribution in [0, 0.1) is 10.1 Å². The normalized spacial score (nSPS) is 11.1. The molecule has 3 aromatic rings. The number of hydrogen-bond donors (Lipinski definition) is 0. The van der Waals surface area contributed by atoms with Crippen molar-refractivity contribution in [3.8, 4) is 0 Å². The second-order valence-corrected chi connectivity index (χ2v) is 6.41. The number of nitro benzene ring substituents is 1. The molecular formula is C18H11Cl2N3O5. The van der Waals surface area contributed by atoms with E-state index in [1.807, 2.05) is 0 Å². The summed E-state index contributed by atoms with van der Waals surface area (Å²) in [6.07, 6.45) is 3.91. The van der Waals surface area contributed by atoms with Gasteiger partial charge in [-0.25, -0.2) is 9.78 Å². The molecule has 0 bridgehead atoms. The molecule has 0 aliphatic carbocycles. The number of rotatable bonds is 5. The molecule has 0 saturated carbocycles. The number of pyridine rings is 1. The van der Waals surface area contributed by atoms with Crippen molar-refractivity contribution in [1.82, 2.24) is 9.38 Å². The van der Waals surface area contributed by atoms with Crippen molar-refractivity contribution in [2.24, 2.45) is 0 Å². The molecule has 0 radical (unpaired) electrons. The highest BCUT2D eigenvalue weighted by Gasteiger charge is 2.12. The minimum Gasteiger partial charge on any atom is -0.456 e. The molecule has 2 heterocycles. The number of carbonyl (C=O) groups is 1. The van der Waals surface area contributed by atoms with Crippen LogP contribution < -0.4 is 5.56 Å². The fourth-order valence-electron chi connectivity index (χ4n) is 2.33. The lowest BCUT2D eigenvalue weighted by molar-refractivity contribution is -0.384. The smallest absolute Gasteiger partial charge is 0.331 e. The molecule has 0 aliphatic heterocycles. The maximum absolute atomic E-state index is 12.1. The highest BCUT2D eigenvalue weighted by atomic mass is 35.5. The summed E-state index contributed by atoms with van der Waals surface area (Å²) < 4.78 is 6.34. The second kappa shape index (κ2) is 8.20. The molecule has 28 heavy (non-hydrogen) atoms. The lowest BCUT2D eigenvalue weighted by atomic mass is 10.2.